The molecule has 1 aromatic rings. The molecule has 2 N–H and O–H groups in total. The zero-order valence-corrected chi connectivity index (χ0v) is 10.5. The summed E-state index contributed by atoms with van der Waals surface area (Å²) in [6.45, 7) is 0. The molecule has 0 unspecified atom stereocenters. The quantitative estimate of drug-likeness (QED) is 0.867. The highest BCUT2D eigenvalue weighted by molar-refractivity contribution is 6.30. The van der Waals surface area contributed by atoms with Gasteiger partial charge >= 0.3 is 5.97 Å². The third kappa shape index (κ3) is 2.05. The molecule has 1 aromatic carbocycles. The predicted octanol–water partition coefficient (Wildman–Crippen LogP) is 3.47. The highest BCUT2D eigenvalue weighted by atomic mass is 35.5. The van der Waals surface area contributed by atoms with Gasteiger partial charge in [-0.1, -0.05) is 30.9 Å². The number of phenols is 1. The number of hydrogen-bond donors (Lipinski definition) is 2. The van der Waals surface area contributed by atoms with Crippen LogP contribution in [-0.4, -0.2) is 16.2 Å². The summed E-state index contributed by atoms with van der Waals surface area (Å²) < 4.78 is 13.5. The van der Waals surface area contributed by atoms with E-state index < -0.39 is 23.0 Å². The minimum absolute atomic E-state index is 0.0969. The second-order valence-corrected chi connectivity index (χ2v) is 5.17. The van der Waals surface area contributed by atoms with E-state index >= 15 is 0 Å². The average Bonchev–Trinajstić information content (AvgIpc) is 2.34. The lowest BCUT2D eigenvalue weighted by molar-refractivity contribution is -0.145. The van der Waals surface area contributed by atoms with E-state index in [0.717, 1.165) is 25.3 Å². The van der Waals surface area contributed by atoms with Crippen LogP contribution in [0.15, 0.2) is 12.1 Å². The van der Waals surface area contributed by atoms with E-state index in [1.54, 1.807) is 0 Å². The van der Waals surface area contributed by atoms with Gasteiger partial charge in [0.1, 0.15) is 0 Å². The Morgan fingerprint density at radius 3 is 2.44 bits per heavy atom. The van der Waals surface area contributed by atoms with Crippen LogP contribution >= 0.6 is 11.6 Å². The van der Waals surface area contributed by atoms with Crippen molar-refractivity contribution in [3.05, 3.63) is 28.5 Å². The third-order valence-corrected chi connectivity index (χ3v) is 3.88. The van der Waals surface area contributed by atoms with E-state index in [0.29, 0.717) is 12.8 Å². The average molecular weight is 273 g/mol. The van der Waals surface area contributed by atoms with E-state index in [2.05, 4.69) is 0 Å². The van der Waals surface area contributed by atoms with Crippen LogP contribution in [0.1, 0.15) is 37.7 Å². The van der Waals surface area contributed by atoms with Gasteiger partial charge in [0, 0.05) is 10.6 Å². The highest BCUT2D eigenvalue weighted by Crippen LogP contribution is 2.44. The Labute approximate surface area is 109 Å². The van der Waals surface area contributed by atoms with Crippen molar-refractivity contribution in [1.82, 2.24) is 0 Å². The number of aliphatic carboxylic acids is 1. The van der Waals surface area contributed by atoms with E-state index in [1.165, 1.54) is 6.07 Å². The molecule has 0 heterocycles. The second kappa shape index (κ2) is 4.76. The molecule has 1 saturated carbocycles. The highest BCUT2D eigenvalue weighted by Gasteiger charge is 2.43. The Kier molecular flexibility index (Phi) is 3.48. The Bertz CT molecular complexity index is 481. The number of aromatic hydroxyl groups is 1. The van der Waals surface area contributed by atoms with Gasteiger partial charge < -0.3 is 10.2 Å². The molecule has 0 aromatic heterocycles. The van der Waals surface area contributed by atoms with Gasteiger partial charge in [-0.2, -0.15) is 0 Å². The van der Waals surface area contributed by atoms with Crippen LogP contribution in [0.4, 0.5) is 4.39 Å². The molecule has 18 heavy (non-hydrogen) atoms. The Balaban J connectivity index is 2.59. The lowest BCUT2D eigenvalue weighted by atomic mass is 9.69. The minimum Gasteiger partial charge on any atom is -0.505 e. The number of phenolic OH excluding ortho intramolecular Hbond substituents is 1. The van der Waals surface area contributed by atoms with Crippen LogP contribution in [0.5, 0.6) is 5.75 Å². The molecule has 1 aliphatic rings. The molecule has 0 amide bonds. The molecule has 98 valence electrons. The summed E-state index contributed by atoms with van der Waals surface area (Å²) in [4.78, 5) is 11.6. The van der Waals surface area contributed by atoms with E-state index in [1.807, 2.05) is 0 Å². The van der Waals surface area contributed by atoms with Crippen LogP contribution in [0.3, 0.4) is 0 Å². The van der Waals surface area contributed by atoms with Crippen molar-refractivity contribution in [3.8, 4) is 5.75 Å². The van der Waals surface area contributed by atoms with Crippen molar-refractivity contribution < 1.29 is 19.4 Å². The van der Waals surface area contributed by atoms with Gasteiger partial charge in [-0.3, -0.25) is 4.79 Å². The van der Waals surface area contributed by atoms with E-state index in [4.69, 9.17) is 11.6 Å². The number of benzene rings is 1. The first-order valence-corrected chi connectivity index (χ1v) is 6.27. The fraction of sp³-hybridized carbons (Fsp3) is 0.462. The van der Waals surface area contributed by atoms with Crippen molar-refractivity contribution >= 4 is 17.6 Å². The van der Waals surface area contributed by atoms with Crippen molar-refractivity contribution in [2.45, 2.75) is 37.5 Å². The molecule has 0 aliphatic heterocycles. The maximum absolute atomic E-state index is 13.5. The first-order valence-electron chi connectivity index (χ1n) is 5.89. The smallest absolute Gasteiger partial charge is 0.314 e. The zero-order valence-electron chi connectivity index (χ0n) is 9.75. The minimum atomic E-state index is -1.21. The number of hydrogen-bond acceptors (Lipinski definition) is 2. The van der Waals surface area contributed by atoms with Crippen LogP contribution in [0, 0.1) is 5.82 Å². The molecule has 0 atom stereocenters. The van der Waals surface area contributed by atoms with Gasteiger partial charge in [0.2, 0.25) is 0 Å². The number of rotatable bonds is 2. The van der Waals surface area contributed by atoms with Crippen LogP contribution < -0.4 is 0 Å². The fourth-order valence-electron chi connectivity index (χ4n) is 2.68. The van der Waals surface area contributed by atoms with Crippen molar-refractivity contribution in [2.75, 3.05) is 0 Å². The van der Waals surface area contributed by atoms with E-state index in [9.17, 15) is 19.4 Å². The largest absolute Gasteiger partial charge is 0.505 e. The van der Waals surface area contributed by atoms with E-state index in [-0.39, 0.29) is 10.6 Å². The molecule has 5 heteroatoms. The maximum atomic E-state index is 13.5. The van der Waals surface area contributed by atoms with Gasteiger partial charge in [-0.05, 0) is 25.0 Å². The molecule has 3 nitrogen and oxygen atoms in total. The molecule has 0 radical (unpaired) electrons. The maximum Gasteiger partial charge on any atom is 0.314 e. The number of carboxylic acid groups (broad SMARTS) is 1. The summed E-state index contributed by atoms with van der Waals surface area (Å²) in [7, 11) is 0. The summed E-state index contributed by atoms with van der Waals surface area (Å²) >= 11 is 5.76. The zero-order chi connectivity index (χ0) is 13.3. The van der Waals surface area contributed by atoms with Crippen molar-refractivity contribution in [1.29, 1.82) is 0 Å². The van der Waals surface area contributed by atoms with Gasteiger partial charge in [-0.25, -0.2) is 4.39 Å². The topological polar surface area (TPSA) is 57.5 Å². The number of carbonyl (C=O) groups is 1. The summed E-state index contributed by atoms with van der Waals surface area (Å²) in [5.41, 5.74) is -1.12. The number of carboxylic acids is 1. The van der Waals surface area contributed by atoms with Gasteiger partial charge in [0.25, 0.3) is 0 Å². The molecule has 0 bridgehead atoms. The summed E-state index contributed by atoms with van der Waals surface area (Å²) in [6.07, 6.45) is 3.25. The lowest BCUT2D eigenvalue weighted by Crippen LogP contribution is -2.38. The SMILES string of the molecule is O=C(O)C1(c2cc(Cl)cc(F)c2O)CCCCC1. The Hall–Kier alpha value is -1.29. The Morgan fingerprint density at radius 2 is 1.89 bits per heavy atom. The fourth-order valence-corrected chi connectivity index (χ4v) is 2.89. The molecular weight excluding hydrogens is 259 g/mol. The number of halogens is 2. The van der Waals surface area contributed by atoms with Crippen molar-refractivity contribution in [3.63, 3.8) is 0 Å². The first-order chi connectivity index (χ1) is 8.47. The second-order valence-electron chi connectivity index (χ2n) is 4.73. The summed E-state index contributed by atoms with van der Waals surface area (Å²) in [5, 5.41) is 19.4. The van der Waals surface area contributed by atoms with Crippen molar-refractivity contribution in [2.24, 2.45) is 0 Å². The van der Waals surface area contributed by atoms with Crippen LogP contribution in [0.25, 0.3) is 0 Å². The Morgan fingerprint density at radius 1 is 1.28 bits per heavy atom. The molecule has 0 saturated heterocycles. The molecular formula is C13H14ClFO3. The first kappa shape index (κ1) is 13.1. The molecule has 1 aliphatic carbocycles. The van der Waals surface area contributed by atoms with Gasteiger partial charge in [0.15, 0.2) is 11.6 Å². The van der Waals surface area contributed by atoms with Crippen LogP contribution in [-0.2, 0) is 10.2 Å². The summed E-state index contributed by atoms with van der Waals surface area (Å²) in [5.74, 6) is -2.49. The van der Waals surface area contributed by atoms with Gasteiger partial charge in [0.05, 0.1) is 5.41 Å². The predicted molar refractivity (Wildman–Crippen MR) is 65.5 cm³/mol. The molecule has 1 fully saturated rings. The summed E-state index contributed by atoms with van der Waals surface area (Å²) in [6, 6.07) is 2.35. The standard InChI is InChI=1S/C13H14ClFO3/c14-8-6-9(11(16)10(15)7-8)13(12(17)18)4-2-1-3-5-13/h6-7,16H,1-5H2,(H,17,18). The lowest BCUT2D eigenvalue weighted by Gasteiger charge is -2.34. The van der Waals surface area contributed by atoms with Crippen LogP contribution in [0.2, 0.25) is 5.02 Å². The normalized spacial score (nSPS) is 18.6. The molecule has 2 rings (SSSR count). The molecule has 0 spiro atoms. The van der Waals surface area contributed by atoms with Gasteiger partial charge in [-0.15, -0.1) is 0 Å². The third-order valence-electron chi connectivity index (χ3n) is 3.66. The monoisotopic (exact) mass is 272 g/mol.